The predicted octanol–water partition coefficient (Wildman–Crippen LogP) is 3.43. The maximum Gasteiger partial charge on any atom is 0.416 e. The highest BCUT2D eigenvalue weighted by molar-refractivity contribution is 6.00. The molecule has 0 radical (unpaired) electrons. The summed E-state index contributed by atoms with van der Waals surface area (Å²) in [7, 11) is 0. The van der Waals surface area contributed by atoms with Crippen molar-refractivity contribution in [2.45, 2.75) is 19.5 Å². The monoisotopic (exact) mass is 253 g/mol. The molecule has 0 aliphatic rings. The first kappa shape index (κ1) is 13.4. The maximum atomic E-state index is 12.6. The average molecular weight is 253 g/mol. The lowest BCUT2D eigenvalue weighted by molar-refractivity contribution is -0.139. The first-order valence-corrected chi connectivity index (χ1v) is 4.45. The van der Waals surface area contributed by atoms with Crippen LogP contribution in [0.25, 0.3) is 0 Å². The van der Waals surface area contributed by atoms with Crippen LogP contribution < -0.4 is 5.73 Å². The number of carbonyl (C=O) groups is 1. The molecule has 1 aromatic carbocycles. The number of nitrogen functional groups attached to an aromatic ring is 1. The van der Waals surface area contributed by atoms with Crippen molar-refractivity contribution < 1.29 is 26.7 Å². The molecule has 2 nitrogen and oxygen atoms in total. The zero-order valence-electron chi connectivity index (χ0n) is 8.61. The van der Waals surface area contributed by atoms with Crippen molar-refractivity contribution in [2.24, 2.45) is 0 Å². The van der Waals surface area contributed by atoms with E-state index in [1.165, 1.54) is 0 Å². The maximum absolute atomic E-state index is 12.6. The topological polar surface area (TPSA) is 43.1 Å². The molecule has 7 heteroatoms. The van der Waals surface area contributed by atoms with E-state index in [1.807, 2.05) is 0 Å². The molecular weight excluding hydrogens is 245 g/mol. The van der Waals surface area contributed by atoms with Crippen LogP contribution in [0.5, 0.6) is 0 Å². The summed E-state index contributed by atoms with van der Waals surface area (Å²) in [5.74, 6) is -0.668. The highest BCUT2D eigenvalue weighted by atomic mass is 19.4. The van der Waals surface area contributed by atoms with E-state index in [2.05, 4.69) is 0 Å². The van der Waals surface area contributed by atoms with Crippen LogP contribution in [0.15, 0.2) is 12.1 Å². The summed E-state index contributed by atoms with van der Waals surface area (Å²) < 4.78 is 62.5. The van der Waals surface area contributed by atoms with Crippen molar-refractivity contribution in [3.05, 3.63) is 28.8 Å². The fourth-order valence-corrected chi connectivity index (χ4v) is 1.43. The Labute approximate surface area is 93.2 Å². The van der Waals surface area contributed by atoms with E-state index in [0.29, 0.717) is 6.07 Å². The van der Waals surface area contributed by atoms with Gasteiger partial charge in [-0.2, -0.15) is 13.2 Å². The van der Waals surface area contributed by atoms with Crippen LogP contribution in [-0.2, 0) is 6.18 Å². The first-order valence-electron chi connectivity index (χ1n) is 4.45. The molecule has 0 fully saturated rings. The number of Topliss-reactive ketones (excluding diaryl/α,β-unsaturated/α-hetero) is 1. The molecule has 17 heavy (non-hydrogen) atoms. The van der Waals surface area contributed by atoms with Crippen LogP contribution in [0.1, 0.15) is 34.8 Å². The van der Waals surface area contributed by atoms with Gasteiger partial charge in [-0.25, -0.2) is 8.78 Å². The van der Waals surface area contributed by atoms with E-state index in [1.54, 1.807) is 0 Å². The fraction of sp³-hybridized carbons (Fsp3) is 0.300. The SMILES string of the molecule is CC(=O)c1ccc(C(F)(F)F)c(C(F)F)c1N. The Morgan fingerprint density at radius 3 is 2.18 bits per heavy atom. The fourth-order valence-electron chi connectivity index (χ4n) is 1.43. The van der Waals surface area contributed by atoms with Gasteiger partial charge in [0.15, 0.2) is 5.78 Å². The van der Waals surface area contributed by atoms with Crippen LogP contribution in [0.3, 0.4) is 0 Å². The van der Waals surface area contributed by atoms with Gasteiger partial charge in [0.05, 0.1) is 16.8 Å². The number of hydrogen-bond donors (Lipinski definition) is 1. The number of nitrogens with two attached hydrogens (primary N) is 1. The molecule has 0 saturated carbocycles. The van der Waals surface area contributed by atoms with Crippen LogP contribution in [-0.4, -0.2) is 5.78 Å². The number of ketones is 1. The Morgan fingerprint density at radius 2 is 1.82 bits per heavy atom. The number of rotatable bonds is 2. The minimum absolute atomic E-state index is 0.340. The number of anilines is 1. The average Bonchev–Trinajstić information content (AvgIpc) is 2.14. The van der Waals surface area contributed by atoms with E-state index in [4.69, 9.17) is 5.73 Å². The molecule has 1 aromatic rings. The second kappa shape index (κ2) is 4.31. The molecule has 1 rings (SSSR count). The Balaban J connectivity index is 3.57. The quantitative estimate of drug-likeness (QED) is 0.498. The number of alkyl halides is 5. The molecule has 0 spiro atoms. The van der Waals surface area contributed by atoms with Crippen molar-refractivity contribution >= 4 is 11.5 Å². The highest BCUT2D eigenvalue weighted by Gasteiger charge is 2.37. The third-order valence-electron chi connectivity index (χ3n) is 2.19. The highest BCUT2D eigenvalue weighted by Crippen LogP contribution is 2.40. The summed E-state index contributed by atoms with van der Waals surface area (Å²) in [4.78, 5) is 11.0. The molecule has 2 N–H and O–H groups in total. The zero-order valence-corrected chi connectivity index (χ0v) is 8.61. The normalized spacial score (nSPS) is 11.9. The summed E-state index contributed by atoms with van der Waals surface area (Å²) in [6.45, 7) is 1.04. The summed E-state index contributed by atoms with van der Waals surface area (Å²) in [6.07, 6.45) is -8.33. The third kappa shape index (κ3) is 2.54. The molecule has 0 heterocycles. The predicted molar refractivity (Wildman–Crippen MR) is 50.8 cm³/mol. The molecule has 0 amide bonds. The lowest BCUT2D eigenvalue weighted by Crippen LogP contribution is -2.14. The van der Waals surface area contributed by atoms with E-state index in [9.17, 15) is 26.7 Å². The molecular formula is C10H8F5NO. The number of halogens is 5. The second-order valence-corrected chi connectivity index (χ2v) is 3.34. The zero-order chi connectivity index (χ0) is 13.4. The van der Waals surface area contributed by atoms with Gasteiger partial charge in [-0.05, 0) is 19.1 Å². The molecule has 0 atom stereocenters. The van der Waals surface area contributed by atoms with Gasteiger partial charge in [0.25, 0.3) is 6.43 Å². The van der Waals surface area contributed by atoms with Gasteiger partial charge in [0, 0.05) is 5.56 Å². The van der Waals surface area contributed by atoms with Crippen molar-refractivity contribution in [3.63, 3.8) is 0 Å². The molecule has 94 valence electrons. The molecule has 0 saturated heterocycles. The first-order chi connectivity index (χ1) is 7.66. The summed E-state index contributed by atoms with van der Waals surface area (Å²) in [5, 5.41) is 0. The van der Waals surface area contributed by atoms with Gasteiger partial charge in [-0.3, -0.25) is 4.79 Å². The number of hydrogen-bond acceptors (Lipinski definition) is 2. The summed E-state index contributed by atoms with van der Waals surface area (Å²) >= 11 is 0. The van der Waals surface area contributed by atoms with E-state index in [0.717, 1.165) is 13.0 Å². The lowest BCUT2D eigenvalue weighted by Gasteiger charge is -2.16. The minimum atomic E-state index is -4.94. The smallest absolute Gasteiger partial charge is 0.398 e. The number of carbonyl (C=O) groups excluding carboxylic acids is 1. The molecule has 0 bridgehead atoms. The minimum Gasteiger partial charge on any atom is -0.398 e. The van der Waals surface area contributed by atoms with Crippen molar-refractivity contribution in [3.8, 4) is 0 Å². The summed E-state index contributed by atoms with van der Waals surface area (Å²) in [5.41, 5.74) is 1.16. The van der Waals surface area contributed by atoms with E-state index >= 15 is 0 Å². The van der Waals surface area contributed by atoms with Gasteiger partial charge in [0.2, 0.25) is 0 Å². The van der Waals surface area contributed by atoms with Gasteiger partial charge >= 0.3 is 6.18 Å². The van der Waals surface area contributed by atoms with Crippen molar-refractivity contribution in [1.82, 2.24) is 0 Å². The van der Waals surface area contributed by atoms with Gasteiger partial charge in [0.1, 0.15) is 0 Å². The van der Waals surface area contributed by atoms with Gasteiger partial charge in [-0.15, -0.1) is 0 Å². The molecule has 0 unspecified atom stereocenters. The molecule has 0 aliphatic carbocycles. The lowest BCUT2D eigenvalue weighted by atomic mass is 9.99. The van der Waals surface area contributed by atoms with E-state index < -0.39 is 35.2 Å². The van der Waals surface area contributed by atoms with Crippen LogP contribution in [0.2, 0.25) is 0 Å². The van der Waals surface area contributed by atoms with Gasteiger partial charge in [-0.1, -0.05) is 0 Å². The van der Waals surface area contributed by atoms with Crippen LogP contribution in [0, 0.1) is 0 Å². The Bertz CT molecular complexity index is 453. The Morgan fingerprint density at radius 1 is 1.29 bits per heavy atom. The Kier molecular flexibility index (Phi) is 3.40. The molecule has 0 aromatic heterocycles. The second-order valence-electron chi connectivity index (χ2n) is 3.34. The van der Waals surface area contributed by atoms with Crippen LogP contribution in [0.4, 0.5) is 27.6 Å². The third-order valence-corrected chi connectivity index (χ3v) is 2.19. The van der Waals surface area contributed by atoms with Crippen molar-refractivity contribution in [1.29, 1.82) is 0 Å². The molecule has 0 aliphatic heterocycles. The standard InChI is InChI=1S/C10H8F5NO/c1-4(17)5-2-3-6(10(13,14)15)7(8(5)16)9(11)12/h2-3,9H,16H2,1H3. The van der Waals surface area contributed by atoms with Gasteiger partial charge < -0.3 is 5.73 Å². The largest absolute Gasteiger partial charge is 0.416 e. The van der Waals surface area contributed by atoms with E-state index in [-0.39, 0.29) is 5.56 Å². The van der Waals surface area contributed by atoms with Crippen LogP contribution >= 0.6 is 0 Å². The number of benzene rings is 1. The van der Waals surface area contributed by atoms with Crippen molar-refractivity contribution in [2.75, 3.05) is 5.73 Å². The Hall–Kier alpha value is -1.66. The summed E-state index contributed by atoms with van der Waals surface area (Å²) in [6, 6.07) is 1.24.